The number of aromatic nitrogens is 2. The largest absolute Gasteiger partial charge is 0.369 e. The molecule has 1 heterocycles. The number of hydroxylamine groups is 1. The fourth-order valence-electron chi connectivity index (χ4n) is 1.94. The molecule has 0 spiro atoms. The van der Waals surface area contributed by atoms with Crippen LogP contribution in [0.3, 0.4) is 0 Å². The summed E-state index contributed by atoms with van der Waals surface area (Å²) in [6, 6.07) is 3.74. The molecule has 154 valence electrons. The lowest BCUT2D eigenvalue weighted by molar-refractivity contribution is 0.234. The lowest BCUT2D eigenvalue weighted by Crippen LogP contribution is -2.38. The van der Waals surface area contributed by atoms with Crippen molar-refractivity contribution in [3.05, 3.63) is 29.7 Å². The van der Waals surface area contributed by atoms with E-state index in [-0.39, 0.29) is 53.3 Å². The number of amidine groups is 1. The summed E-state index contributed by atoms with van der Waals surface area (Å²) in [5, 5.41) is 19.5. The van der Waals surface area contributed by atoms with Crippen LogP contribution in [0, 0.1) is 5.82 Å². The van der Waals surface area contributed by atoms with Crippen LogP contribution < -0.4 is 26.7 Å². The smallest absolute Gasteiger partial charge is 0.234 e. The Kier molecular flexibility index (Phi) is 7.49. The van der Waals surface area contributed by atoms with Crippen molar-refractivity contribution in [3.63, 3.8) is 0 Å². The van der Waals surface area contributed by atoms with Crippen LogP contribution in [0.2, 0.25) is 0 Å². The molecule has 29 heavy (non-hydrogen) atoms. The molecule has 0 saturated heterocycles. The number of anilines is 1. The van der Waals surface area contributed by atoms with Gasteiger partial charge < -0.3 is 11.1 Å². The zero-order chi connectivity index (χ0) is 21.4. The SMILES string of the molecule is [B]c1cc(N=C(NO)c2nonc2NCCN=C(N)NS(=O)(=O)CC)ccc1F. The third-order valence-electron chi connectivity index (χ3n) is 3.37. The van der Waals surface area contributed by atoms with Gasteiger partial charge in [0.05, 0.1) is 18.0 Å². The molecular weight excluding hydrogens is 406 g/mol. The number of nitrogens with two attached hydrogens (primary N) is 1. The van der Waals surface area contributed by atoms with Gasteiger partial charge >= 0.3 is 0 Å². The minimum Gasteiger partial charge on any atom is -0.369 e. The lowest BCUT2D eigenvalue weighted by atomic mass is 9.95. The molecule has 2 radical (unpaired) electrons. The number of sulfonamides is 1. The summed E-state index contributed by atoms with van der Waals surface area (Å²) in [5.74, 6) is -1.01. The van der Waals surface area contributed by atoms with Gasteiger partial charge in [-0.2, -0.15) is 0 Å². The predicted octanol–water partition coefficient (Wildman–Crippen LogP) is -1.27. The Morgan fingerprint density at radius 2 is 2.17 bits per heavy atom. The van der Waals surface area contributed by atoms with E-state index < -0.39 is 15.8 Å². The number of nitrogens with one attached hydrogen (secondary N) is 3. The number of benzene rings is 1. The number of guanidine groups is 1. The summed E-state index contributed by atoms with van der Waals surface area (Å²) in [4.78, 5) is 7.93. The third-order valence-corrected chi connectivity index (χ3v) is 4.65. The summed E-state index contributed by atoms with van der Waals surface area (Å²) >= 11 is 0. The van der Waals surface area contributed by atoms with E-state index in [4.69, 9.17) is 13.6 Å². The number of hydrogen-bond acceptors (Lipinski definition) is 9. The molecule has 0 bridgehead atoms. The molecule has 0 aliphatic heterocycles. The Bertz CT molecular complexity index is 1010. The second kappa shape index (κ2) is 9.84. The molecule has 12 nitrogen and oxygen atoms in total. The number of rotatable bonds is 8. The molecule has 2 rings (SSSR count). The molecule has 15 heteroatoms. The quantitative estimate of drug-likeness (QED) is 0.113. The molecule has 0 fully saturated rings. The first-order valence-electron chi connectivity index (χ1n) is 8.16. The van der Waals surface area contributed by atoms with E-state index in [0.717, 1.165) is 6.07 Å². The van der Waals surface area contributed by atoms with E-state index in [1.807, 2.05) is 5.48 Å². The fourth-order valence-corrected chi connectivity index (χ4v) is 2.46. The van der Waals surface area contributed by atoms with Gasteiger partial charge in [0.15, 0.2) is 11.5 Å². The summed E-state index contributed by atoms with van der Waals surface area (Å²) in [6.07, 6.45) is 0. The Hall–Kier alpha value is -3.20. The van der Waals surface area contributed by atoms with Gasteiger partial charge in [-0.3, -0.25) is 20.4 Å². The van der Waals surface area contributed by atoms with Crippen molar-refractivity contribution in [2.45, 2.75) is 6.92 Å². The van der Waals surface area contributed by atoms with Crippen LogP contribution in [0.4, 0.5) is 15.9 Å². The van der Waals surface area contributed by atoms with Crippen LogP contribution in [0.1, 0.15) is 12.6 Å². The average Bonchev–Trinajstić information content (AvgIpc) is 3.14. The molecule has 0 atom stereocenters. The number of hydrogen-bond donors (Lipinski definition) is 5. The van der Waals surface area contributed by atoms with E-state index >= 15 is 0 Å². The first-order chi connectivity index (χ1) is 13.8. The molecule has 1 aromatic carbocycles. The van der Waals surface area contributed by atoms with Gasteiger partial charge in [0, 0.05) is 6.54 Å². The summed E-state index contributed by atoms with van der Waals surface area (Å²) in [5.41, 5.74) is 7.50. The van der Waals surface area contributed by atoms with Crippen LogP contribution in [-0.2, 0) is 10.0 Å². The highest BCUT2D eigenvalue weighted by Crippen LogP contribution is 2.15. The van der Waals surface area contributed by atoms with Gasteiger partial charge in [0.1, 0.15) is 13.7 Å². The van der Waals surface area contributed by atoms with Crippen LogP contribution >= 0.6 is 0 Å². The standard InChI is InChI=1S/C14H18BFN8O4S/c1-2-29(26,27)24-14(17)19-6-5-18-12-11(22-28-23-12)13(21-25)20-8-3-4-10(16)9(15)7-8/h3-4,7,25H,2,5-6H2,1H3,(H,18,23)(H,20,21)(H3,17,19,24). The van der Waals surface area contributed by atoms with E-state index in [1.54, 1.807) is 0 Å². The molecule has 0 aliphatic carbocycles. The predicted molar refractivity (Wildman–Crippen MR) is 105 cm³/mol. The topological polar surface area (TPSA) is 180 Å². The van der Waals surface area contributed by atoms with Crippen LogP contribution in [0.25, 0.3) is 0 Å². The molecule has 0 amide bonds. The van der Waals surface area contributed by atoms with Crippen molar-refractivity contribution >= 4 is 46.6 Å². The van der Waals surface area contributed by atoms with Gasteiger partial charge in [-0.05, 0) is 35.4 Å². The maximum Gasteiger partial charge on any atom is 0.234 e. The van der Waals surface area contributed by atoms with E-state index in [2.05, 4.69) is 35.0 Å². The number of nitrogens with zero attached hydrogens (tertiary/aromatic N) is 4. The normalized spacial score (nSPS) is 12.7. The van der Waals surface area contributed by atoms with Crippen LogP contribution in [0.15, 0.2) is 32.8 Å². The summed E-state index contributed by atoms with van der Waals surface area (Å²) in [7, 11) is 1.98. The first kappa shape index (κ1) is 22.1. The summed E-state index contributed by atoms with van der Waals surface area (Å²) < 4.78 is 42.8. The fraction of sp³-hybridized carbons (Fsp3) is 0.286. The monoisotopic (exact) mass is 424 g/mol. The highest BCUT2D eigenvalue weighted by atomic mass is 32.2. The first-order valence-corrected chi connectivity index (χ1v) is 9.82. The number of aliphatic imine (C=N–C) groups is 2. The van der Waals surface area contributed by atoms with Gasteiger partial charge in [-0.1, -0.05) is 5.46 Å². The highest BCUT2D eigenvalue weighted by molar-refractivity contribution is 7.90. The van der Waals surface area contributed by atoms with Gasteiger partial charge in [-0.25, -0.2) is 22.4 Å². The molecule has 2 aromatic rings. The second-order valence-corrected chi connectivity index (χ2v) is 7.45. The molecule has 6 N–H and O–H groups in total. The van der Waals surface area contributed by atoms with Gasteiger partial charge in [-0.15, -0.1) is 0 Å². The maximum absolute atomic E-state index is 13.3. The molecule has 0 unspecified atom stereocenters. The van der Waals surface area contributed by atoms with Crippen LogP contribution in [-0.4, -0.2) is 62.4 Å². The van der Waals surface area contributed by atoms with Crippen molar-refractivity contribution in [2.75, 3.05) is 24.2 Å². The minimum atomic E-state index is -3.50. The van der Waals surface area contributed by atoms with E-state index in [0.29, 0.717) is 0 Å². The zero-order valence-electron chi connectivity index (χ0n) is 15.3. The lowest BCUT2D eigenvalue weighted by Gasteiger charge is -2.06. The van der Waals surface area contributed by atoms with Crippen molar-refractivity contribution in [1.82, 2.24) is 20.5 Å². The second-order valence-electron chi connectivity index (χ2n) is 5.44. The Balaban J connectivity index is 2.05. The minimum absolute atomic E-state index is 0.0269. The van der Waals surface area contributed by atoms with Crippen LogP contribution in [0.5, 0.6) is 0 Å². The molecule has 0 saturated carbocycles. The third kappa shape index (κ3) is 6.43. The average molecular weight is 424 g/mol. The zero-order valence-corrected chi connectivity index (χ0v) is 16.1. The maximum atomic E-state index is 13.3. The van der Waals surface area contributed by atoms with Gasteiger partial charge in [0.25, 0.3) is 0 Å². The molecule has 0 aliphatic rings. The number of halogens is 1. The summed E-state index contributed by atoms with van der Waals surface area (Å²) in [6.45, 7) is 1.74. The molecular formula is C14H18BFN8O4S. The van der Waals surface area contributed by atoms with Crippen molar-refractivity contribution < 1.29 is 22.6 Å². The van der Waals surface area contributed by atoms with Crippen molar-refractivity contribution in [3.8, 4) is 0 Å². The van der Waals surface area contributed by atoms with Crippen molar-refractivity contribution in [1.29, 1.82) is 0 Å². The molecule has 1 aromatic heterocycles. The highest BCUT2D eigenvalue weighted by Gasteiger charge is 2.16. The Labute approximate surface area is 166 Å². The van der Waals surface area contributed by atoms with Gasteiger partial charge in [0.2, 0.25) is 21.8 Å². The Morgan fingerprint density at radius 1 is 1.41 bits per heavy atom. The van der Waals surface area contributed by atoms with E-state index in [9.17, 15) is 18.0 Å². The van der Waals surface area contributed by atoms with Crippen molar-refractivity contribution in [2.24, 2.45) is 15.7 Å². The Morgan fingerprint density at radius 3 is 2.83 bits per heavy atom. The van der Waals surface area contributed by atoms with E-state index in [1.165, 1.54) is 19.1 Å².